The summed E-state index contributed by atoms with van der Waals surface area (Å²) in [5, 5.41) is 18.7. The van der Waals surface area contributed by atoms with Crippen molar-refractivity contribution in [2.75, 3.05) is 6.61 Å². The van der Waals surface area contributed by atoms with Crippen LogP contribution in [0, 0.1) is 5.92 Å². The maximum absolute atomic E-state index is 11.9. The van der Waals surface area contributed by atoms with E-state index in [0.717, 1.165) is 18.7 Å². The normalized spacial score (nSPS) is 19.6. The summed E-state index contributed by atoms with van der Waals surface area (Å²) in [6.07, 6.45) is 4.65. The lowest BCUT2D eigenvalue weighted by Crippen LogP contribution is -2.45. The van der Waals surface area contributed by atoms with Crippen molar-refractivity contribution in [3.05, 3.63) is 11.7 Å². The number of rotatable bonds is 6. The predicted octanol–water partition coefficient (Wildman–Crippen LogP) is 2.10. The molecular formula is C15H26N4O3. The molecule has 3 N–H and O–H groups in total. The van der Waals surface area contributed by atoms with Crippen LogP contribution in [0.15, 0.2) is 4.52 Å². The number of urea groups is 1. The molecule has 1 aromatic heterocycles. The number of aliphatic hydroxyl groups is 1. The van der Waals surface area contributed by atoms with Crippen LogP contribution in [0.2, 0.25) is 0 Å². The Bertz CT molecular complexity index is 485. The molecule has 1 saturated carbocycles. The first kappa shape index (κ1) is 16.7. The summed E-state index contributed by atoms with van der Waals surface area (Å²) in [7, 11) is 0. The van der Waals surface area contributed by atoms with Crippen molar-refractivity contribution in [2.24, 2.45) is 5.92 Å². The second-order valence-corrected chi connectivity index (χ2v) is 6.26. The minimum atomic E-state index is -0.348. The number of hydrogen-bond donors (Lipinski definition) is 3. The summed E-state index contributed by atoms with van der Waals surface area (Å²) in [6.45, 7) is 5.58. The van der Waals surface area contributed by atoms with Crippen molar-refractivity contribution in [3.63, 3.8) is 0 Å². The highest BCUT2D eigenvalue weighted by molar-refractivity contribution is 5.74. The molecule has 1 fully saturated rings. The van der Waals surface area contributed by atoms with Crippen molar-refractivity contribution in [1.29, 1.82) is 0 Å². The fraction of sp³-hybridized carbons (Fsp3) is 0.800. The van der Waals surface area contributed by atoms with Crippen LogP contribution in [-0.2, 0) is 0 Å². The number of nitrogens with one attached hydrogen (secondary N) is 2. The third-order valence-electron chi connectivity index (χ3n) is 4.40. The lowest BCUT2D eigenvalue weighted by Gasteiger charge is -2.20. The van der Waals surface area contributed by atoms with Gasteiger partial charge in [-0.3, -0.25) is 0 Å². The molecule has 22 heavy (non-hydrogen) atoms. The van der Waals surface area contributed by atoms with Crippen LogP contribution >= 0.6 is 0 Å². The highest BCUT2D eigenvalue weighted by Crippen LogP contribution is 2.32. The van der Waals surface area contributed by atoms with Crippen molar-refractivity contribution in [1.82, 2.24) is 20.8 Å². The van der Waals surface area contributed by atoms with Crippen LogP contribution in [-0.4, -0.2) is 33.9 Å². The molecule has 0 bridgehead atoms. The maximum Gasteiger partial charge on any atom is 0.315 e. The number of nitrogens with zero attached hydrogens (tertiary/aromatic N) is 2. The molecule has 0 radical (unpaired) electrons. The van der Waals surface area contributed by atoms with Crippen molar-refractivity contribution in [2.45, 2.75) is 64.5 Å². The van der Waals surface area contributed by atoms with Crippen LogP contribution in [0.4, 0.5) is 4.79 Å². The average molecular weight is 310 g/mol. The van der Waals surface area contributed by atoms with Crippen molar-refractivity contribution < 1.29 is 14.4 Å². The van der Waals surface area contributed by atoms with Gasteiger partial charge in [0, 0.05) is 18.6 Å². The van der Waals surface area contributed by atoms with Gasteiger partial charge in [-0.15, -0.1) is 0 Å². The Hall–Kier alpha value is -1.63. The van der Waals surface area contributed by atoms with E-state index in [1.165, 1.54) is 12.8 Å². The van der Waals surface area contributed by atoms with Crippen LogP contribution < -0.4 is 10.6 Å². The lowest BCUT2D eigenvalue weighted by molar-refractivity contribution is 0.198. The molecule has 1 aliphatic rings. The zero-order valence-corrected chi connectivity index (χ0v) is 13.5. The molecule has 1 heterocycles. The van der Waals surface area contributed by atoms with E-state index in [1.54, 1.807) is 0 Å². The quantitative estimate of drug-likeness (QED) is 0.747. The molecular weight excluding hydrogens is 284 g/mol. The molecule has 0 aliphatic heterocycles. The summed E-state index contributed by atoms with van der Waals surface area (Å²) in [4.78, 5) is 16.3. The summed E-state index contributed by atoms with van der Waals surface area (Å²) in [5.74, 6) is 1.58. The fourth-order valence-corrected chi connectivity index (χ4v) is 2.58. The van der Waals surface area contributed by atoms with Crippen LogP contribution in [0.5, 0.6) is 0 Å². The van der Waals surface area contributed by atoms with E-state index in [0.29, 0.717) is 11.8 Å². The Morgan fingerprint density at radius 1 is 1.32 bits per heavy atom. The first-order valence-electron chi connectivity index (χ1n) is 8.02. The fourth-order valence-electron chi connectivity index (χ4n) is 2.58. The van der Waals surface area contributed by atoms with E-state index in [9.17, 15) is 4.79 Å². The van der Waals surface area contributed by atoms with Gasteiger partial charge in [0.2, 0.25) is 5.89 Å². The summed E-state index contributed by atoms with van der Waals surface area (Å²) < 4.78 is 5.27. The van der Waals surface area contributed by atoms with Gasteiger partial charge in [-0.05, 0) is 32.6 Å². The van der Waals surface area contributed by atoms with Crippen LogP contribution in [0.3, 0.4) is 0 Å². The van der Waals surface area contributed by atoms with E-state index in [1.807, 2.05) is 20.8 Å². The molecule has 7 heteroatoms. The third-order valence-corrected chi connectivity index (χ3v) is 4.40. The van der Waals surface area contributed by atoms with Gasteiger partial charge in [-0.2, -0.15) is 4.98 Å². The predicted molar refractivity (Wildman–Crippen MR) is 81.3 cm³/mol. The van der Waals surface area contributed by atoms with Gasteiger partial charge in [0.25, 0.3) is 0 Å². The summed E-state index contributed by atoms with van der Waals surface area (Å²) in [6, 6.07) is -0.769. The van der Waals surface area contributed by atoms with E-state index in [-0.39, 0.29) is 30.6 Å². The van der Waals surface area contributed by atoms with Crippen LogP contribution in [0.25, 0.3) is 0 Å². The molecule has 3 atom stereocenters. The number of carbonyl (C=O) groups excluding carboxylic acids is 1. The summed E-state index contributed by atoms with van der Waals surface area (Å²) in [5.41, 5.74) is 0. The second kappa shape index (κ2) is 7.58. The first-order chi connectivity index (χ1) is 10.5. The molecule has 0 spiro atoms. The smallest absolute Gasteiger partial charge is 0.315 e. The van der Waals surface area contributed by atoms with E-state index in [4.69, 9.17) is 9.63 Å². The molecule has 0 aromatic carbocycles. The topological polar surface area (TPSA) is 100 Å². The highest BCUT2D eigenvalue weighted by atomic mass is 16.5. The SMILES string of the molecule is CC(NC(=O)NC(C)C(C)CO)c1nc(C2CCCC2)no1. The molecule has 2 amide bonds. The van der Waals surface area contributed by atoms with Gasteiger partial charge in [-0.25, -0.2) is 4.79 Å². The zero-order chi connectivity index (χ0) is 16.1. The minimum absolute atomic E-state index is 0.00145. The van der Waals surface area contributed by atoms with Gasteiger partial charge in [-0.1, -0.05) is 24.9 Å². The number of aromatic nitrogens is 2. The van der Waals surface area contributed by atoms with Gasteiger partial charge < -0.3 is 20.3 Å². The number of amides is 2. The molecule has 124 valence electrons. The Labute approximate surface area is 130 Å². The largest absolute Gasteiger partial charge is 0.396 e. The Balaban J connectivity index is 1.86. The van der Waals surface area contributed by atoms with Gasteiger partial charge in [0.05, 0.1) is 0 Å². The molecule has 3 unspecified atom stereocenters. The molecule has 1 aromatic rings. The summed E-state index contributed by atoms with van der Waals surface area (Å²) >= 11 is 0. The van der Waals surface area contributed by atoms with Gasteiger partial charge in [0.1, 0.15) is 6.04 Å². The van der Waals surface area contributed by atoms with Gasteiger partial charge in [0.15, 0.2) is 5.82 Å². The van der Waals surface area contributed by atoms with Crippen molar-refractivity contribution in [3.8, 4) is 0 Å². The number of carbonyl (C=O) groups is 1. The Morgan fingerprint density at radius 2 is 2.00 bits per heavy atom. The molecule has 2 rings (SSSR count). The average Bonchev–Trinajstić information content (AvgIpc) is 3.16. The van der Waals surface area contributed by atoms with E-state index >= 15 is 0 Å². The first-order valence-corrected chi connectivity index (χ1v) is 8.02. The van der Waals surface area contributed by atoms with Gasteiger partial charge >= 0.3 is 6.03 Å². The maximum atomic E-state index is 11.9. The number of hydrogen-bond acceptors (Lipinski definition) is 5. The Kier molecular flexibility index (Phi) is 5.76. The minimum Gasteiger partial charge on any atom is -0.396 e. The molecule has 7 nitrogen and oxygen atoms in total. The standard InChI is InChI=1S/C15H26N4O3/c1-9(8-20)10(2)16-15(21)17-11(3)14-18-13(19-22-14)12-6-4-5-7-12/h9-12,20H,4-8H2,1-3H3,(H2,16,17,21). The zero-order valence-electron chi connectivity index (χ0n) is 13.5. The van der Waals surface area contributed by atoms with E-state index < -0.39 is 0 Å². The molecule has 0 saturated heterocycles. The van der Waals surface area contributed by atoms with Crippen molar-refractivity contribution >= 4 is 6.03 Å². The second-order valence-electron chi connectivity index (χ2n) is 6.26. The van der Waals surface area contributed by atoms with E-state index in [2.05, 4.69) is 20.8 Å². The number of aliphatic hydroxyl groups excluding tert-OH is 1. The lowest BCUT2D eigenvalue weighted by atomic mass is 10.1. The highest BCUT2D eigenvalue weighted by Gasteiger charge is 2.24. The molecule has 1 aliphatic carbocycles. The monoisotopic (exact) mass is 310 g/mol. The van der Waals surface area contributed by atoms with Crippen LogP contribution in [0.1, 0.15) is 70.1 Å². The third kappa shape index (κ3) is 4.19. The Morgan fingerprint density at radius 3 is 2.64 bits per heavy atom.